The summed E-state index contributed by atoms with van der Waals surface area (Å²) in [5.74, 6) is -1.07. The molecule has 0 unspecified atom stereocenters. The van der Waals surface area contributed by atoms with Gasteiger partial charge in [-0.3, -0.25) is 9.59 Å². The van der Waals surface area contributed by atoms with Crippen molar-refractivity contribution in [1.29, 1.82) is 0 Å². The molecule has 1 aliphatic rings. The van der Waals surface area contributed by atoms with E-state index in [9.17, 15) is 22.8 Å². The van der Waals surface area contributed by atoms with E-state index in [-0.39, 0.29) is 18.9 Å². The van der Waals surface area contributed by atoms with E-state index in [2.05, 4.69) is 5.32 Å². The van der Waals surface area contributed by atoms with Crippen LogP contribution in [0, 0.1) is 0 Å². The van der Waals surface area contributed by atoms with Crippen molar-refractivity contribution in [1.82, 2.24) is 5.32 Å². The van der Waals surface area contributed by atoms with E-state index in [1.807, 2.05) is 0 Å². The molecule has 8 heteroatoms. The number of rotatable bonds is 3. The number of anilines is 1. The molecule has 1 atom stereocenters. The fourth-order valence-electron chi connectivity index (χ4n) is 2.87. The molecule has 2 aromatic carbocycles. The van der Waals surface area contributed by atoms with Crippen LogP contribution in [-0.4, -0.2) is 24.4 Å². The summed E-state index contributed by atoms with van der Waals surface area (Å²) >= 11 is 5.82. The molecule has 1 aliphatic heterocycles. The summed E-state index contributed by atoms with van der Waals surface area (Å²) in [6.45, 7) is 0.181. The van der Waals surface area contributed by atoms with Gasteiger partial charge in [0.05, 0.1) is 17.2 Å². The first-order chi connectivity index (χ1) is 12.3. The summed E-state index contributed by atoms with van der Waals surface area (Å²) in [4.78, 5) is 25.9. The van der Waals surface area contributed by atoms with Crippen LogP contribution in [0.5, 0.6) is 0 Å². The van der Waals surface area contributed by atoms with Crippen molar-refractivity contribution in [3.05, 3.63) is 64.7 Å². The third-order valence-corrected chi connectivity index (χ3v) is 4.33. The van der Waals surface area contributed by atoms with Crippen molar-refractivity contribution in [2.45, 2.75) is 18.6 Å². The Bertz CT molecular complexity index is 837. The fraction of sp³-hybridized carbons (Fsp3) is 0.222. The number of carbonyl (C=O) groups excluding carboxylic acids is 2. The Morgan fingerprint density at radius 2 is 1.77 bits per heavy atom. The molecule has 0 spiro atoms. The van der Waals surface area contributed by atoms with Gasteiger partial charge in [-0.25, -0.2) is 0 Å². The predicted molar refractivity (Wildman–Crippen MR) is 91.1 cm³/mol. The third-order valence-electron chi connectivity index (χ3n) is 4.08. The smallest absolute Gasteiger partial charge is 0.347 e. The highest BCUT2D eigenvalue weighted by molar-refractivity contribution is 6.30. The number of nitrogens with one attached hydrogen (secondary N) is 1. The molecular weight excluding hydrogens is 369 g/mol. The molecule has 2 aromatic rings. The van der Waals surface area contributed by atoms with Gasteiger partial charge in [-0.2, -0.15) is 13.2 Å². The normalized spacial score (nSPS) is 17.5. The number of hydrogen-bond donors (Lipinski definition) is 1. The minimum absolute atomic E-state index is 0.0164. The van der Waals surface area contributed by atoms with Crippen LogP contribution in [0.2, 0.25) is 5.02 Å². The second-order valence-electron chi connectivity index (χ2n) is 5.90. The molecule has 0 bridgehead atoms. The quantitative estimate of drug-likeness (QED) is 0.875. The van der Waals surface area contributed by atoms with E-state index < -0.39 is 29.3 Å². The van der Waals surface area contributed by atoms with Crippen molar-refractivity contribution in [2.24, 2.45) is 0 Å². The van der Waals surface area contributed by atoms with Crippen molar-refractivity contribution in [2.75, 3.05) is 11.4 Å². The molecule has 0 radical (unpaired) electrons. The Morgan fingerprint density at radius 1 is 1.12 bits per heavy atom. The number of halogens is 4. The molecule has 0 aromatic heterocycles. The Balaban J connectivity index is 1.74. The molecule has 2 amide bonds. The van der Waals surface area contributed by atoms with E-state index in [0.717, 1.165) is 12.1 Å². The van der Waals surface area contributed by atoms with Crippen molar-refractivity contribution >= 4 is 29.1 Å². The zero-order valence-corrected chi connectivity index (χ0v) is 14.1. The van der Waals surface area contributed by atoms with Gasteiger partial charge in [0.1, 0.15) is 0 Å². The summed E-state index contributed by atoms with van der Waals surface area (Å²) in [7, 11) is 0. The molecule has 1 fully saturated rings. The number of hydrogen-bond acceptors (Lipinski definition) is 2. The number of carbonyl (C=O) groups is 2. The Kier molecular flexibility index (Phi) is 4.91. The van der Waals surface area contributed by atoms with Gasteiger partial charge in [0, 0.05) is 23.7 Å². The molecule has 3 rings (SSSR count). The third kappa shape index (κ3) is 3.83. The largest absolute Gasteiger partial charge is 0.417 e. The van der Waals surface area contributed by atoms with Crippen LogP contribution in [0.15, 0.2) is 48.5 Å². The van der Waals surface area contributed by atoms with E-state index in [4.69, 9.17) is 11.6 Å². The molecule has 4 nitrogen and oxygen atoms in total. The standard InChI is InChI=1S/C18H14ClF3N2O2/c19-11-5-7-13(8-6-11)24-10-12(9-16(24)25)23-17(26)14-3-1-2-4-15(14)18(20,21)22/h1-8,12H,9-10H2,(H,23,26)/t12-/m0/s1. The molecule has 26 heavy (non-hydrogen) atoms. The summed E-state index contributed by atoms with van der Waals surface area (Å²) in [5, 5.41) is 3.04. The average molecular weight is 383 g/mol. The zero-order chi connectivity index (χ0) is 18.9. The zero-order valence-electron chi connectivity index (χ0n) is 13.4. The van der Waals surface area contributed by atoms with E-state index in [1.54, 1.807) is 24.3 Å². The molecular formula is C18H14ClF3N2O2. The summed E-state index contributed by atoms with van der Waals surface area (Å²) in [6, 6.07) is 10.6. The maximum Gasteiger partial charge on any atom is 0.417 e. The number of amides is 2. The minimum Gasteiger partial charge on any atom is -0.347 e. The van der Waals surface area contributed by atoms with Gasteiger partial charge >= 0.3 is 6.18 Å². The van der Waals surface area contributed by atoms with Gasteiger partial charge in [0.2, 0.25) is 5.91 Å². The van der Waals surface area contributed by atoms with Crippen LogP contribution < -0.4 is 10.2 Å². The SMILES string of the molecule is O=C(N[C@H]1CC(=O)N(c2ccc(Cl)cc2)C1)c1ccccc1C(F)(F)F. The predicted octanol–water partition coefficient (Wildman–Crippen LogP) is 3.89. The van der Waals surface area contributed by atoms with Crippen LogP contribution >= 0.6 is 11.6 Å². The lowest BCUT2D eigenvalue weighted by molar-refractivity contribution is -0.138. The van der Waals surface area contributed by atoms with E-state index in [1.165, 1.54) is 17.0 Å². The summed E-state index contributed by atoms with van der Waals surface area (Å²) in [6.07, 6.45) is -4.61. The van der Waals surface area contributed by atoms with Gasteiger partial charge in [0.25, 0.3) is 5.91 Å². The summed E-state index contributed by atoms with van der Waals surface area (Å²) in [5.41, 5.74) is -0.847. The van der Waals surface area contributed by atoms with Crippen molar-refractivity contribution in [3.63, 3.8) is 0 Å². The van der Waals surface area contributed by atoms with Crippen molar-refractivity contribution < 1.29 is 22.8 Å². The minimum atomic E-state index is -4.63. The highest BCUT2D eigenvalue weighted by Gasteiger charge is 2.36. The fourth-order valence-corrected chi connectivity index (χ4v) is 2.99. The topological polar surface area (TPSA) is 49.4 Å². The first kappa shape index (κ1) is 18.3. The monoisotopic (exact) mass is 382 g/mol. The maximum absolute atomic E-state index is 13.0. The molecule has 0 saturated carbocycles. The molecule has 1 heterocycles. The molecule has 1 saturated heterocycles. The lowest BCUT2D eigenvalue weighted by Crippen LogP contribution is -2.38. The average Bonchev–Trinajstić information content (AvgIpc) is 2.95. The summed E-state index contributed by atoms with van der Waals surface area (Å²) < 4.78 is 39.1. The second-order valence-corrected chi connectivity index (χ2v) is 6.34. The highest BCUT2D eigenvalue weighted by Crippen LogP contribution is 2.32. The van der Waals surface area contributed by atoms with Crippen LogP contribution in [0.25, 0.3) is 0 Å². The van der Waals surface area contributed by atoms with E-state index in [0.29, 0.717) is 10.7 Å². The maximum atomic E-state index is 13.0. The lowest BCUT2D eigenvalue weighted by atomic mass is 10.1. The first-order valence-corrected chi connectivity index (χ1v) is 8.16. The van der Waals surface area contributed by atoms with Crippen LogP contribution in [0.1, 0.15) is 22.3 Å². The number of benzene rings is 2. The van der Waals surface area contributed by atoms with Crippen LogP contribution in [-0.2, 0) is 11.0 Å². The van der Waals surface area contributed by atoms with Gasteiger partial charge in [-0.05, 0) is 36.4 Å². The molecule has 0 aliphatic carbocycles. The van der Waals surface area contributed by atoms with Gasteiger partial charge in [-0.15, -0.1) is 0 Å². The van der Waals surface area contributed by atoms with Gasteiger partial charge < -0.3 is 10.2 Å². The van der Waals surface area contributed by atoms with Crippen LogP contribution in [0.3, 0.4) is 0 Å². The van der Waals surface area contributed by atoms with E-state index >= 15 is 0 Å². The Labute approximate surface area is 152 Å². The van der Waals surface area contributed by atoms with Crippen molar-refractivity contribution in [3.8, 4) is 0 Å². The van der Waals surface area contributed by atoms with Crippen LogP contribution in [0.4, 0.5) is 18.9 Å². The second kappa shape index (κ2) is 6.99. The van der Waals surface area contributed by atoms with Gasteiger partial charge in [0.15, 0.2) is 0 Å². The lowest BCUT2D eigenvalue weighted by Gasteiger charge is -2.18. The van der Waals surface area contributed by atoms with Gasteiger partial charge in [-0.1, -0.05) is 23.7 Å². The number of alkyl halides is 3. The number of nitrogens with zero attached hydrogens (tertiary/aromatic N) is 1. The molecule has 136 valence electrons. The Hall–Kier alpha value is -2.54. The Morgan fingerprint density at radius 3 is 2.42 bits per heavy atom. The first-order valence-electron chi connectivity index (χ1n) is 7.79. The molecule has 1 N–H and O–H groups in total. The highest BCUT2D eigenvalue weighted by atomic mass is 35.5.